The number of halogens is 5. The van der Waals surface area contributed by atoms with Crippen molar-refractivity contribution in [3.05, 3.63) is 46.5 Å². The second kappa shape index (κ2) is 5.12. The van der Waals surface area contributed by atoms with Gasteiger partial charge in [-0.05, 0) is 18.2 Å². The van der Waals surface area contributed by atoms with Crippen LogP contribution in [0.5, 0.6) is 0 Å². The lowest BCUT2D eigenvalue weighted by atomic mass is 10.1. The summed E-state index contributed by atoms with van der Waals surface area (Å²) in [6.07, 6.45) is -3.48. The number of hydrogen-bond acceptors (Lipinski definition) is 2. The highest BCUT2D eigenvalue weighted by molar-refractivity contribution is 6.31. The fourth-order valence-corrected chi connectivity index (χ4v) is 1.69. The van der Waals surface area contributed by atoms with Crippen molar-refractivity contribution in [3.63, 3.8) is 0 Å². The molecule has 0 unspecified atom stereocenters. The molecule has 0 fully saturated rings. The van der Waals surface area contributed by atoms with Gasteiger partial charge in [-0.3, -0.25) is 9.89 Å². The summed E-state index contributed by atoms with van der Waals surface area (Å²) < 4.78 is 51.4. The van der Waals surface area contributed by atoms with E-state index in [-0.39, 0.29) is 5.69 Å². The maximum Gasteiger partial charge on any atom is 0.417 e. The van der Waals surface area contributed by atoms with E-state index in [9.17, 15) is 22.4 Å². The monoisotopic (exact) mass is 307 g/mol. The zero-order valence-corrected chi connectivity index (χ0v) is 10.3. The van der Waals surface area contributed by atoms with Crippen LogP contribution in [0.25, 0.3) is 0 Å². The quantitative estimate of drug-likeness (QED) is 0.835. The van der Waals surface area contributed by atoms with Gasteiger partial charge in [0.05, 0.1) is 16.3 Å². The molecule has 0 spiro atoms. The number of H-pyrrole nitrogens is 1. The lowest BCUT2D eigenvalue weighted by Gasteiger charge is -2.12. The molecule has 0 saturated heterocycles. The molecular weight excluding hydrogens is 302 g/mol. The number of aromatic amines is 1. The van der Waals surface area contributed by atoms with Crippen LogP contribution < -0.4 is 5.32 Å². The Morgan fingerprint density at radius 3 is 2.60 bits per heavy atom. The second-order valence-electron chi connectivity index (χ2n) is 3.73. The lowest BCUT2D eigenvalue weighted by Crippen LogP contribution is -2.15. The lowest BCUT2D eigenvalue weighted by molar-refractivity contribution is -0.137. The summed E-state index contributed by atoms with van der Waals surface area (Å²) in [7, 11) is 0. The number of anilines is 1. The molecule has 0 aliphatic rings. The number of nitrogens with one attached hydrogen (secondary N) is 2. The van der Waals surface area contributed by atoms with E-state index in [0.29, 0.717) is 12.1 Å². The van der Waals surface area contributed by atoms with Crippen LogP contribution in [-0.4, -0.2) is 16.1 Å². The molecule has 20 heavy (non-hydrogen) atoms. The van der Waals surface area contributed by atoms with Gasteiger partial charge in [0.1, 0.15) is 11.5 Å². The van der Waals surface area contributed by atoms with E-state index in [4.69, 9.17) is 11.6 Å². The molecule has 1 heterocycles. The number of aromatic nitrogens is 2. The predicted molar refractivity (Wildman–Crippen MR) is 63.0 cm³/mol. The SMILES string of the molecule is O=C(Nc1cc(C(F)(F)F)c(Cl)cc1F)c1ccn[nH]1. The van der Waals surface area contributed by atoms with Gasteiger partial charge in [-0.2, -0.15) is 18.3 Å². The Labute approximate surface area is 114 Å². The van der Waals surface area contributed by atoms with Crippen molar-refractivity contribution in [3.8, 4) is 0 Å². The number of carbonyl (C=O) groups excluding carboxylic acids is 1. The third-order valence-electron chi connectivity index (χ3n) is 2.36. The predicted octanol–water partition coefficient (Wildman–Crippen LogP) is 3.47. The Morgan fingerprint density at radius 1 is 1.35 bits per heavy atom. The van der Waals surface area contributed by atoms with E-state index in [1.807, 2.05) is 5.32 Å². The molecule has 1 aromatic carbocycles. The van der Waals surface area contributed by atoms with Crippen LogP contribution in [0, 0.1) is 5.82 Å². The molecule has 2 rings (SSSR count). The van der Waals surface area contributed by atoms with E-state index < -0.39 is 34.2 Å². The Morgan fingerprint density at radius 2 is 2.05 bits per heavy atom. The number of hydrogen-bond donors (Lipinski definition) is 2. The van der Waals surface area contributed by atoms with Crippen molar-refractivity contribution in [2.24, 2.45) is 0 Å². The van der Waals surface area contributed by atoms with Crippen LogP contribution in [0.3, 0.4) is 0 Å². The van der Waals surface area contributed by atoms with Gasteiger partial charge in [0.2, 0.25) is 0 Å². The van der Waals surface area contributed by atoms with E-state index >= 15 is 0 Å². The van der Waals surface area contributed by atoms with Crippen LogP contribution >= 0.6 is 11.6 Å². The fourth-order valence-electron chi connectivity index (χ4n) is 1.43. The highest BCUT2D eigenvalue weighted by Gasteiger charge is 2.34. The van der Waals surface area contributed by atoms with E-state index in [2.05, 4.69) is 10.2 Å². The molecule has 0 radical (unpaired) electrons. The minimum Gasteiger partial charge on any atom is -0.318 e. The number of benzene rings is 1. The highest BCUT2D eigenvalue weighted by atomic mass is 35.5. The van der Waals surface area contributed by atoms with Gasteiger partial charge in [-0.25, -0.2) is 4.39 Å². The third kappa shape index (κ3) is 2.90. The molecular formula is C11H6ClF4N3O. The topological polar surface area (TPSA) is 57.8 Å². The molecule has 1 amide bonds. The first kappa shape index (κ1) is 14.3. The van der Waals surface area contributed by atoms with Gasteiger partial charge in [0, 0.05) is 6.20 Å². The average Bonchev–Trinajstić information content (AvgIpc) is 2.84. The average molecular weight is 308 g/mol. The number of carbonyl (C=O) groups is 1. The van der Waals surface area contributed by atoms with Crippen molar-refractivity contribution in [2.75, 3.05) is 5.32 Å². The maximum absolute atomic E-state index is 13.5. The van der Waals surface area contributed by atoms with Crippen molar-refractivity contribution in [1.29, 1.82) is 0 Å². The Bertz CT molecular complexity index is 640. The van der Waals surface area contributed by atoms with Gasteiger partial charge < -0.3 is 5.32 Å². The van der Waals surface area contributed by atoms with Gasteiger partial charge in [0.15, 0.2) is 0 Å². The summed E-state index contributed by atoms with van der Waals surface area (Å²) >= 11 is 5.33. The first-order valence-corrected chi connectivity index (χ1v) is 5.54. The largest absolute Gasteiger partial charge is 0.417 e. The molecule has 106 valence electrons. The van der Waals surface area contributed by atoms with Gasteiger partial charge in [0.25, 0.3) is 5.91 Å². The van der Waals surface area contributed by atoms with Gasteiger partial charge in [-0.1, -0.05) is 11.6 Å². The van der Waals surface area contributed by atoms with Gasteiger partial charge in [-0.15, -0.1) is 0 Å². The molecule has 2 N–H and O–H groups in total. The van der Waals surface area contributed by atoms with Crippen LogP contribution in [-0.2, 0) is 6.18 Å². The highest BCUT2D eigenvalue weighted by Crippen LogP contribution is 2.37. The number of amides is 1. The molecule has 0 atom stereocenters. The van der Waals surface area contributed by atoms with E-state index in [1.165, 1.54) is 12.3 Å². The van der Waals surface area contributed by atoms with Gasteiger partial charge >= 0.3 is 6.18 Å². The summed E-state index contributed by atoms with van der Waals surface area (Å²) in [5.74, 6) is -1.90. The van der Waals surface area contributed by atoms with Crippen LogP contribution in [0.2, 0.25) is 5.02 Å². The van der Waals surface area contributed by atoms with Crippen molar-refractivity contribution < 1.29 is 22.4 Å². The molecule has 0 aliphatic carbocycles. The minimum absolute atomic E-state index is 0.0205. The minimum atomic E-state index is -4.75. The summed E-state index contributed by atoms with van der Waals surface area (Å²) in [6, 6.07) is 2.21. The second-order valence-corrected chi connectivity index (χ2v) is 4.14. The van der Waals surface area contributed by atoms with Crippen LogP contribution in [0.15, 0.2) is 24.4 Å². The fraction of sp³-hybridized carbons (Fsp3) is 0.0909. The summed E-state index contributed by atoms with van der Waals surface area (Å²) in [6.45, 7) is 0. The molecule has 4 nitrogen and oxygen atoms in total. The zero-order chi connectivity index (χ0) is 14.9. The Kier molecular flexibility index (Phi) is 3.67. The first-order valence-electron chi connectivity index (χ1n) is 5.16. The van der Waals surface area contributed by atoms with Crippen LogP contribution in [0.1, 0.15) is 16.1 Å². The summed E-state index contributed by atoms with van der Waals surface area (Å²) in [5, 5.41) is 7.02. The summed E-state index contributed by atoms with van der Waals surface area (Å²) in [5.41, 5.74) is -1.88. The number of alkyl halides is 3. The molecule has 0 aliphatic heterocycles. The zero-order valence-electron chi connectivity index (χ0n) is 9.55. The molecule has 2 aromatic rings. The third-order valence-corrected chi connectivity index (χ3v) is 2.67. The maximum atomic E-state index is 13.5. The van der Waals surface area contributed by atoms with Crippen molar-refractivity contribution >= 4 is 23.2 Å². The first-order chi connectivity index (χ1) is 9.29. The smallest absolute Gasteiger partial charge is 0.318 e. The van der Waals surface area contributed by atoms with E-state index in [0.717, 1.165) is 0 Å². The molecule has 1 aromatic heterocycles. The molecule has 0 saturated carbocycles. The number of rotatable bonds is 2. The summed E-state index contributed by atoms with van der Waals surface area (Å²) in [4.78, 5) is 11.6. The van der Waals surface area contributed by atoms with Crippen molar-refractivity contribution in [1.82, 2.24) is 10.2 Å². The Balaban J connectivity index is 2.35. The number of nitrogens with zero attached hydrogens (tertiary/aromatic N) is 1. The van der Waals surface area contributed by atoms with E-state index in [1.54, 1.807) is 0 Å². The normalized spacial score (nSPS) is 11.4. The van der Waals surface area contributed by atoms with Crippen molar-refractivity contribution in [2.45, 2.75) is 6.18 Å². The molecule has 0 bridgehead atoms. The standard InChI is InChI=1S/C11H6ClF4N3O/c12-6-4-7(13)9(3-5(6)11(14,15)16)18-10(20)8-1-2-17-19-8/h1-4H,(H,17,19)(H,18,20). The van der Waals surface area contributed by atoms with Crippen LogP contribution in [0.4, 0.5) is 23.2 Å². The molecule has 9 heteroatoms. The Hall–Kier alpha value is -2.09.